The third kappa shape index (κ3) is 3.60. The van der Waals surface area contributed by atoms with E-state index in [2.05, 4.69) is 15.9 Å². The van der Waals surface area contributed by atoms with Crippen LogP contribution in [0.4, 0.5) is 8.78 Å². The van der Waals surface area contributed by atoms with E-state index in [9.17, 15) is 13.6 Å². The summed E-state index contributed by atoms with van der Waals surface area (Å²) < 4.78 is 28.1. The van der Waals surface area contributed by atoms with Gasteiger partial charge in [0.2, 0.25) is 0 Å². The maximum atomic E-state index is 13.5. The monoisotopic (exact) mass is 436 g/mol. The third-order valence-electron chi connectivity index (χ3n) is 2.59. The zero-order valence-electron chi connectivity index (χ0n) is 9.59. The molecule has 0 saturated carbocycles. The molecule has 0 spiro atoms. The summed E-state index contributed by atoms with van der Waals surface area (Å²) in [7, 11) is 0. The van der Waals surface area contributed by atoms with Crippen LogP contribution in [-0.2, 0) is 6.42 Å². The molecule has 19 heavy (non-hydrogen) atoms. The first kappa shape index (κ1) is 14.6. The van der Waals surface area contributed by atoms with E-state index in [0.29, 0.717) is 5.56 Å². The van der Waals surface area contributed by atoms with Crippen molar-refractivity contribution >= 4 is 44.3 Å². The molecule has 0 amide bonds. The van der Waals surface area contributed by atoms with Crippen molar-refractivity contribution in [1.29, 1.82) is 0 Å². The fourth-order valence-corrected chi connectivity index (χ4v) is 2.66. The molecule has 1 nitrogen and oxygen atoms in total. The first-order valence-corrected chi connectivity index (χ1v) is 7.26. The summed E-state index contributed by atoms with van der Waals surface area (Å²) in [4.78, 5) is 12.1. The molecule has 0 saturated heterocycles. The normalized spacial score (nSPS) is 10.5. The highest BCUT2D eigenvalue weighted by Gasteiger charge is 2.14. The van der Waals surface area contributed by atoms with Gasteiger partial charge in [0, 0.05) is 20.0 Å². The number of hydrogen-bond donors (Lipinski definition) is 0. The highest BCUT2D eigenvalue weighted by atomic mass is 127. The van der Waals surface area contributed by atoms with Gasteiger partial charge in [-0.3, -0.25) is 4.79 Å². The predicted octanol–water partition coefficient (Wildman–Crippen LogP) is 4.76. The van der Waals surface area contributed by atoms with Crippen LogP contribution in [0.1, 0.15) is 15.9 Å². The van der Waals surface area contributed by atoms with Crippen molar-refractivity contribution in [1.82, 2.24) is 0 Å². The molecule has 2 aromatic carbocycles. The summed E-state index contributed by atoms with van der Waals surface area (Å²) in [5.41, 5.74) is 0.569. The fourth-order valence-electron chi connectivity index (χ4n) is 1.66. The van der Waals surface area contributed by atoms with E-state index in [4.69, 9.17) is 0 Å². The quantitative estimate of drug-likeness (QED) is 0.501. The molecule has 0 atom stereocenters. The van der Waals surface area contributed by atoms with Gasteiger partial charge in [0.05, 0.1) is 0 Å². The van der Waals surface area contributed by atoms with Gasteiger partial charge in [-0.15, -0.1) is 0 Å². The number of hydrogen-bond acceptors (Lipinski definition) is 1. The lowest BCUT2D eigenvalue weighted by Crippen LogP contribution is -2.07. The Bertz CT molecular complexity index is 643. The van der Waals surface area contributed by atoms with Gasteiger partial charge in [-0.25, -0.2) is 8.78 Å². The van der Waals surface area contributed by atoms with E-state index in [1.54, 1.807) is 12.1 Å². The highest BCUT2D eigenvalue weighted by molar-refractivity contribution is 14.1. The molecule has 0 heterocycles. The largest absolute Gasteiger partial charge is 0.294 e. The van der Waals surface area contributed by atoms with Gasteiger partial charge in [-0.2, -0.15) is 0 Å². The van der Waals surface area contributed by atoms with Crippen molar-refractivity contribution in [3.05, 3.63) is 67.2 Å². The Balaban J connectivity index is 2.30. The molecule has 0 aromatic heterocycles. The molecule has 0 N–H and O–H groups in total. The molecule has 0 bridgehead atoms. The molecular formula is C14H8BrF2IO. The van der Waals surface area contributed by atoms with E-state index in [1.807, 2.05) is 28.7 Å². The smallest absolute Gasteiger partial charge is 0.168 e. The van der Waals surface area contributed by atoms with Crippen LogP contribution in [0.3, 0.4) is 0 Å². The van der Waals surface area contributed by atoms with Crippen LogP contribution in [0.15, 0.2) is 40.9 Å². The van der Waals surface area contributed by atoms with E-state index < -0.39 is 11.6 Å². The van der Waals surface area contributed by atoms with Crippen LogP contribution < -0.4 is 0 Å². The number of carbonyl (C=O) groups excluding carboxylic acids is 1. The molecule has 0 aliphatic heterocycles. The summed E-state index contributed by atoms with van der Waals surface area (Å²) in [5.74, 6) is -1.36. The maximum Gasteiger partial charge on any atom is 0.168 e. The van der Waals surface area contributed by atoms with Gasteiger partial charge in [0.25, 0.3) is 0 Å². The number of Topliss-reactive ketones (excluding diaryl/α,β-unsaturated/α-hetero) is 1. The standard InChI is InChI=1S/C14H8BrF2IO/c15-9-1-4-13(18)11(7-9)14(19)6-8-5-10(16)2-3-12(8)17/h1-5,7H,6H2. The van der Waals surface area contributed by atoms with Crippen molar-refractivity contribution in [2.75, 3.05) is 0 Å². The minimum absolute atomic E-state index is 0.0702. The molecule has 98 valence electrons. The van der Waals surface area contributed by atoms with Crippen molar-refractivity contribution in [2.24, 2.45) is 0 Å². The highest BCUT2D eigenvalue weighted by Crippen LogP contribution is 2.21. The van der Waals surface area contributed by atoms with E-state index in [1.165, 1.54) is 0 Å². The average molecular weight is 437 g/mol. The second-order valence-corrected chi connectivity index (χ2v) is 6.04. The van der Waals surface area contributed by atoms with Gasteiger partial charge < -0.3 is 0 Å². The Morgan fingerprint density at radius 1 is 1.16 bits per heavy atom. The number of halogens is 4. The molecular weight excluding hydrogens is 429 g/mol. The molecule has 0 fully saturated rings. The van der Waals surface area contributed by atoms with E-state index in [0.717, 1.165) is 26.2 Å². The van der Waals surface area contributed by atoms with Crippen LogP contribution in [0.5, 0.6) is 0 Å². The zero-order chi connectivity index (χ0) is 14.0. The van der Waals surface area contributed by atoms with Gasteiger partial charge >= 0.3 is 0 Å². The second kappa shape index (κ2) is 6.09. The lowest BCUT2D eigenvalue weighted by atomic mass is 10.0. The van der Waals surface area contributed by atoms with Gasteiger partial charge in [0.1, 0.15) is 11.6 Å². The molecule has 2 rings (SSSR count). The Labute approximate surface area is 131 Å². The van der Waals surface area contributed by atoms with Crippen molar-refractivity contribution in [2.45, 2.75) is 6.42 Å². The van der Waals surface area contributed by atoms with Crippen LogP contribution in [0.25, 0.3) is 0 Å². The lowest BCUT2D eigenvalue weighted by Gasteiger charge is -2.06. The van der Waals surface area contributed by atoms with Crippen molar-refractivity contribution in [3.63, 3.8) is 0 Å². The average Bonchev–Trinajstić information content (AvgIpc) is 2.36. The minimum atomic E-state index is -0.570. The fraction of sp³-hybridized carbons (Fsp3) is 0.0714. The third-order valence-corrected chi connectivity index (χ3v) is 4.02. The Kier molecular flexibility index (Phi) is 4.67. The first-order chi connectivity index (χ1) is 8.97. The number of carbonyl (C=O) groups is 1. The summed E-state index contributed by atoms with van der Waals surface area (Å²) in [6.07, 6.45) is -0.157. The van der Waals surface area contributed by atoms with Gasteiger partial charge in [-0.05, 0) is 64.6 Å². The van der Waals surface area contributed by atoms with Crippen LogP contribution in [0.2, 0.25) is 0 Å². The van der Waals surface area contributed by atoms with E-state index >= 15 is 0 Å². The number of rotatable bonds is 3. The Hall–Kier alpha value is -0.820. The number of benzene rings is 2. The van der Waals surface area contributed by atoms with Crippen LogP contribution in [0, 0.1) is 15.2 Å². The molecule has 0 aliphatic rings. The number of ketones is 1. The van der Waals surface area contributed by atoms with Crippen molar-refractivity contribution in [3.8, 4) is 0 Å². The molecule has 2 aromatic rings. The molecule has 0 aliphatic carbocycles. The molecule has 0 unspecified atom stereocenters. The molecule has 5 heteroatoms. The zero-order valence-corrected chi connectivity index (χ0v) is 13.3. The summed E-state index contributed by atoms with van der Waals surface area (Å²) in [6, 6.07) is 8.41. The SMILES string of the molecule is O=C(Cc1cc(F)ccc1F)c1cc(Br)ccc1I. The first-order valence-electron chi connectivity index (χ1n) is 5.39. The minimum Gasteiger partial charge on any atom is -0.294 e. The van der Waals surface area contributed by atoms with Crippen LogP contribution in [-0.4, -0.2) is 5.78 Å². The van der Waals surface area contributed by atoms with Gasteiger partial charge in [-0.1, -0.05) is 15.9 Å². The Morgan fingerprint density at radius 2 is 1.89 bits per heavy atom. The summed E-state index contributed by atoms with van der Waals surface area (Å²) >= 11 is 5.33. The maximum absolute atomic E-state index is 13.5. The van der Waals surface area contributed by atoms with Crippen molar-refractivity contribution < 1.29 is 13.6 Å². The Morgan fingerprint density at radius 3 is 2.63 bits per heavy atom. The van der Waals surface area contributed by atoms with E-state index in [-0.39, 0.29) is 17.8 Å². The second-order valence-electron chi connectivity index (χ2n) is 3.96. The van der Waals surface area contributed by atoms with Crippen LogP contribution >= 0.6 is 38.5 Å². The topological polar surface area (TPSA) is 17.1 Å². The lowest BCUT2D eigenvalue weighted by molar-refractivity contribution is 0.0991. The van der Waals surface area contributed by atoms with Gasteiger partial charge in [0.15, 0.2) is 5.78 Å². The summed E-state index contributed by atoms with van der Waals surface area (Å²) in [5, 5.41) is 0. The summed E-state index contributed by atoms with van der Waals surface area (Å²) in [6.45, 7) is 0. The molecule has 0 radical (unpaired) electrons. The predicted molar refractivity (Wildman–Crippen MR) is 81.3 cm³/mol.